The summed E-state index contributed by atoms with van der Waals surface area (Å²) < 4.78 is 10.8. The molecule has 1 fully saturated rings. The molecule has 0 saturated carbocycles. The Labute approximate surface area is 90.0 Å². The molecule has 4 heteroatoms. The van der Waals surface area contributed by atoms with E-state index in [1.54, 1.807) is 6.20 Å². The summed E-state index contributed by atoms with van der Waals surface area (Å²) >= 11 is 0. The highest BCUT2D eigenvalue weighted by atomic mass is 16.5. The molecular formula is C11H18N2O2. The highest BCUT2D eigenvalue weighted by molar-refractivity contribution is 4.93. The van der Waals surface area contributed by atoms with Gasteiger partial charge in [0.15, 0.2) is 0 Å². The number of oxazole rings is 1. The monoisotopic (exact) mass is 210 g/mol. The lowest BCUT2D eigenvalue weighted by molar-refractivity contribution is 0.0769. The first-order valence-corrected chi connectivity index (χ1v) is 5.63. The molecule has 1 aliphatic rings. The van der Waals surface area contributed by atoms with Crippen molar-refractivity contribution in [2.24, 2.45) is 0 Å². The highest BCUT2D eigenvalue weighted by Gasteiger charge is 2.13. The Bertz CT molecular complexity index is 293. The number of nitrogens with one attached hydrogen (secondary N) is 1. The summed E-state index contributed by atoms with van der Waals surface area (Å²) in [6, 6.07) is 0.552. The molecule has 1 aromatic rings. The fourth-order valence-corrected chi connectivity index (χ4v) is 1.73. The average molecular weight is 210 g/mol. The topological polar surface area (TPSA) is 47.3 Å². The molecule has 0 atom stereocenters. The van der Waals surface area contributed by atoms with Crippen LogP contribution in [0.15, 0.2) is 10.6 Å². The lowest BCUT2D eigenvalue weighted by atomic mass is 10.1. The van der Waals surface area contributed by atoms with Crippen molar-refractivity contribution in [3.05, 3.63) is 17.8 Å². The third kappa shape index (κ3) is 3.04. The number of hydrogen-bond acceptors (Lipinski definition) is 4. The van der Waals surface area contributed by atoms with Crippen molar-refractivity contribution in [2.45, 2.75) is 38.8 Å². The molecule has 0 aromatic carbocycles. The number of rotatable bonds is 4. The van der Waals surface area contributed by atoms with E-state index >= 15 is 0 Å². The summed E-state index contributed by atoms with van der Waals surface area (Å²) in [5.74, 6) is 1.75. The molecule has 0 spiro atoms. The van der Waals surface area contributed by atoms with Gasteiger partial charge in [-0.15, -0.1) is 0 Å². The standard InChI is InChI=1S/C11H18N2O2/c1-2-10-7-13-11(15-10)8-12-9-3-5-14-6-4-9/h7,9,12H,2-6,8H2,1H3. The second kappa shape index (κ2) is 5.28. The molecular weight excluding hydrogens is 192 g/mol. The predicted molar refractivity (Wildman–Crippen MR) is 56.6 cm³/mol. The molecule has 1 saturated heterocycles. The van der Waals surface area contributed by atoms with Gasteiger partial charge in [-0.05, 0) is 12.8 Å². The van der Waals surface area contributed by atoms with Crippen molar-refractivity contribution < 1.29 is 9.15 Å². The van der Waals surface area contributed by atoms with Crippen LogP contribution < -0.4 is 5.32 Å². The van der Waals surface area contributed by atoms with Crippen LogP contribution >= 0.6 is 0 Å². The smallest absolute Gasteiger partial charge is 0.208 e. The van der Waals surface area contributed by atoms with Crippen LogP contribution in [0.2, 0.25) is 0 Å². The lowest BCUT2D eigenvalue weighted by Crippen LogP contribution is -2.34. The van der Waals surface area contributed by atoms with E-state index in [0.29, 0.717) is 6.04 Å². The molecule has 2 heterocycles. The fourth-order valence-electron chi connectivity index (χ4n) is 1.73. The Morgan fingerprint density at radius 1 is 1.47 bits per heavy atom. The summed E-state index contributed by atoms with van der Waals surface area (Å²) in [5.41, 5.74) is 0. The Kier molecular flexibility index (Phi) is 3.75. The van der Waals surface area contributed by atoms with Crippen LogP contribution in [0.5, 0.6) is 0 Å². The van der Waals surface area contributed by atoms with E-state index < -0.39 is 0 Å². The molecule has 0 radical (unpaired) electrons. The minimum absolute atomic E-state index is 0.552. The molecule has 1 aromatic heterocycles. The van der Waals surface area contributed by atoms with Gasteiger partial charge in [-0.3, -0.25) is 0 Å². The maximum Gasteiger partial charge on any atom is 0.208 e. The highest BCUT2D eigenvalue weighted by Crippen LogP contribution is 2.08. The number of aromatic nitrogens is 1. The van der Waals surface area contributed by atoms with E-state index in [-0.39, 0.29) is 0 Å². The van der Waals surface area contributed by atoms with Gasteiger partial charge in [0.25, 0.3) is 0 Å². The molecule has 15 heavy (non-hydrogen) atoms. The molecule has 0 unspecified atom stereocenters. The van der Waals surface area contributed by atoms with E-state index in [0.717, 1.165) is 50.7 Å². The van der Waals surface area contributed by atoms with Gasteiger partial charge < -0.3 is 14.5 Å². The first-order valence-electron chi connectivity index (χ1n) is 5.63. The SMILES string of the molecule is CCc1cnc(CNC2CCOCC2)o1. The molecule has 1 aliphatic heterocycles. The number of aryl methyl sites for hydroxylation is 1. The van der Waals surface area contributed by atoms with Gasteiger partial charge in [-0.2, -0.15) is 0 Å². The van der Waals surface area contributed by atoms with Crippen molar-refractivity contribution in [1.82, 2.24) is 10.3 Å². The van der Waals surface area contributed by atoms with Crippen molar-refractivity contribution >= 4 is 0 Å². The minimum Gasteiger partial charge on any atom is -0.444 e. The molecule has 4 nitrogen and oxygen atoms in total. The maximum atomic E-state index is 5.52. The van der Waals surface area contributed by atoms with E-state index in [1.807, 2.05) is 0 Å². The van der Waals surface area contributed by atoms with Crippen molar-refractivity contribution in [3.63, 3.8) is 0 Å². The fraction of sp³-hybridized carbons (Fsp3) is 0.727. The zero-order chi connectivity index (χ0) is 10.5. The Morgan fingerprint density at radius 2 is 2.27 bits per heavy atom. The maximum absolute atomic E-state index is 5.52. The third-order valence-corrected chi connectivity index (χ3v) is 2.71. The first kappa shape index (κ1) is 10.6. The summed E-state index contributed by atoms with van der Waals surface area (Å²) in [7, 11) is 0. The van der Waals surface area contributed by atoms with Crippen molar-refractivity contribution in [3.8, 4) is 0 Å². The van der Waals surface area contributed by atoms with Gasteiger partial charge in [0.2, 0.25) is 5.89 Å². The van der Waals surface area contributed by atoms with Crippen LogP contribution in [0.4, 0.5) is 0 Å². The van der Waals surface area contributed by atoms with Gasteiger partial charge in [0.05, 0.1) is 12.7 Å². The largest absolute Gasteiger partial charge is 0.444 e. The van der Waals surface area contributed by atoms with Gasteiger partial charge >= 0.3 is 0 Å². The third-order valence-electron chi connectivity index (χ3n) is 2.71. The zero-order valence-electron chi connectivity index (χ0n) is 9.16. The molecule has 84 valence electrons. The van der Waals surface area contributed by atoms with Crippen LogP contribution in [0, 0.1) is 0 Å². The molecule has 1 N–H and O–H groups in total. The van der Waals surface area contributed by atoms with E-state index in [1.165, 1.54) is 0 Å². The molecule has 0 amide bonds. The van der Waals surface area contributed by atoms with E-state index in [2.05, 4.69) is 17.2 Å². The molecule has 2 rings (SSSR count). The van der Waals surface area contributed by atoms with E-state index in [4.69, 9.17) is 9.15 Å². The van der Waals surface area contributed by atoms with Gasteiger partial charge in [0, 0.05) is 25.7 Å². The summed E-state index contributed by atoms with van der Waals surface area (Å²) in [6.45, 7) is 4.52. The van der Waals surface area contributed by atoms with E-state index in [9.17, 15) is 0 Å². The van der Waals surface area contributed by atoms with Crippen LogP contribution in [0.1, 0.15) is 31.4 Å². The average Bonchev–Trinajstić information content (AvgIpc) is 2.76. The molecule has 0 aliphatic carbocycles. The predicted octanol–water partition coefficient (Wildman–Crippen LogP) is 1.51. The van der Waals surface area contributed by atoms with Gasteiger partial charge in [0.1, 0.15) is 5.76 Å². The minimum atomic E-state index is 0.552. The van der Waals surface area contributed by atoms with Crippen molar-refractivity contribution in [2.75, 3.05) is 13.2 Å². The number of ether oxygens (including phenoxy) is 1. The number of hydrogen-bond donors (Lipinski definition) is 1. The van der Waals surface area contributed by atoms with Crippen molar-refractivity contribution in [1.29, 1.82) is 0 Å². The molecule has 0 bridgehead atoms. The summed E-state index contributed by atoms with van der Waals surface area (Å²) in [4.78, 5) is 4.21. The summed E-state index contributed by atoms with van der Waals surface area (Å²) in [5, 5.41) is 3.44. The second-order valence-corrected chi connectivity index (χ2v) is 3.84. The Morgan fingerprint density at radius 3 is 2.93 bits per heavy atom. The quantitative estimate of drug-likeness (QED) is 0.818. The Balaban J connectivity index is 1.76. The number of nitrogens with zero attached hydrogens (tertiary/aromatic N) is 1. The first-order chi connectivity index (χ1) is 7.38. The Hall–Kier alpha value is -0.870. The van der Waals surface area contributed by atoms with Crippen LogP contribution in [0.3, 0.4) is 0 Å². The summed E-state index contributed by atoms with van der Waals surface area (Å²) in [6.07, 6.45) is 4.88. The van der Waals surface area contributed by atoms with Gasteiger partial charge in [-0.25, -0.2) is 4.98 Å². The van der Waals surface area contributed by atoms with Crippen LogP contribution in [-0.4, -0.2) is 24.2 Å². The van der Waals surface area contributed by atoms with Crippen LogP contribution in [0.25, 0.3) is 0 Å². The van der Waals surface area contributed by atoms with Gasteiger partial charge in [-0.1, -0.05) is 6.92 Å². The van der Waals surface area contributed by atoms with Crippen LogP contribution in [-0.2, 0) is 17.7 Å². The second-order valence-electron chi connectivity index (χ2n) is 3.84. The normalized spacial score (nSPS) is 18.2. The zero-order valence-corrected chi connectivity index (χ0v) is 9.16. The lowest BCUT2D eigenvalue weighted by Gasteiger charge is -2.22.